The Kier molecular flexibility index (Phi) is 4.59. The van der Waals surface area contributed by atoms with Crippen LogP contribution in [0.5, 0.6) is 0 Å². The third kappa shape index (κ3) is 2.90. The maximum atomic E-state index is 13.9. The number of benzene rings is 1. The summed E-state index contributed by atoms with van der Waals surface area (Å²) < 4.78 is 13.9. The SMILES string of the molecule is CN(C(=O)c1csc(CN)n1)[C@@H]1CCN(c2ccccc2F)C1=O. The summed E-state index contributed by atoms with van der Waals surface area (Å²) in [4.78, 5) is 32.0. The molecule has 1 aliphatic heterocycles. The molecule has 1 aromatic carbocycles. The number of hydrogen-bond donors (Lipinski definition) is 1. The summed E-state index contributed by atoms with van der Waals surface area (Å²) in [6, 6.07) is 5.50. The summed E-state index contributed by atoms with van der Waals surface area (Å²) >= 11 is 1.31. The Morgan fingerprint density at radius 2 is 2.25 bits per heavy atom. The monoisotopic (exact) mass is 348 g/mol. The van der Waals surface area contributed by atoms with E-state index in [1.807, 2.05) is 0 Å². The molecule has 2 amide bonds. The van der Waals surface area contributed by atoms with Gasteiger partial charge >= 0.3 is 0 Å². The lowest BCUT2D eigenvalue weighted by Crippen LogP contribution is -2.43. The number of aromatic nitrogens is 1. The normalized spacial score (nSPS) is 17.4. The minimum Gasteiger partial charge on any atom is -0.328 e. The zero-order valence-corrected chi connectivity index (χ0v) is 13.9. The summed E-state index contributed by atoms with van der Waals surface area (Å²) in [5, 5.41) is 2.30. The van der Waals surface area contributed by atoms with Gasteiger partial charge in [-0.05, 0) is 18.6 Å². The lowest BCUT2D eigenvalue weighted by atomic mass is 10.2. The number of rotatable bonds is 4. The second-order valence-electron chi connectivity index (χ2n) is 5.49. The maximum absolute atomic E-state index is 13.9. The van der Waals surface area contributed by atoms with Gasteiger partial charge in [0.2, 0.25) is 5.91 Å². The largest absolute Gasteiger partial charge is 0.328 e. The van der Waals surface area contributed by atoms with Gasteiger partial charge in [-0.2, -0.15) is 0 Å². The number of nitrogens with two attached hydrogens (primary N) is 1. The van der Waals surface area contributed by atoms with E-state index in [1.165, 1.54) is 27.2 Å². The number of likely N-dealkylation sites (N-methyl/N-ethyl adjacent to an activating group) is 1. The fourth-order valence-corrected chi connectivity index (χ4v) is 3.41. The maximum Gasteiger partial charge on any atom is 0.273 e. The van der Waals surface area contributed by atoms with Crippen LogP contribution in [0.3, 0.4) is 0 Å². The summed E-state index contributed by atoms with van der Waals surface area (Å²) in [6.07, 6.45) is 0.448. The van der Waals surface area contributed by atoms with E-state index in [-0.39, 0.29) is 29.7 Å². The molecular weight excluding hydrogens is 331 g/mol. The van der Waals surface area contributed by atoms with Crippen LogP contribution in [0.4, 0.5) is 10.1 Å². The van der Waals surface area contributed by atoms with E-state index in [1.54, 1.807) is 30.6 Å². The van der Waals surface area contributed by atoms with Crippen LogP contribution in [0.2, 0.25) is 0 Å². The van der Waals surface area contributed by atoms with Crippen molar-refractivity contribution in [3.8, 4) is 0 Å². The standard InChI is InChI=1S/C16H17FN4O2S/c1-20(15(22)11-9-24-14(8-18)19-11)13-6-7-21(16(13)23)12-5-3-2-4-10(12)17/h2-5,9,13H,6-8,18H2,1H3/t13-/m1/s1. The molecular formula is C16H17FN4O2S. The molecule has 0 spiro atoms. The molecule has 2 heterocycles. The lowest BCUT2D eigenvalue weighted by Gasteiger charge is -2.23. The first-order valence-corrected chi connectivity index (χ1v) is 8.38. The van der Waals surface area contributed by atoms with E-state index >= 15 is 0 Å². The van der Waals surface area contributed by atoms with Crippen LogP contribution in [0.1, 0.15) is 21.9 Å². The summed E-state index contributed by atoms with van der Waals surface area (Å²) in [5.74, 6) is -1.07. The van der Waals surface area contributed by atoms with E-state index < -0.39 is 11.9 Å². The fraction of sp³-hybridized carbons (Fsp3) is 0.312. The predicted octanol–water partition coefficient (Wildman–Crippen LogP) is 1.62. The topological polar surface area (TPSA) is 79.5 Å². The Morgan fingerprint density at radius 3 is 2.92 bits per heavy atom. The molecule has 2 N–H and O–H groups in total. The number of carbonyl (C=O) groups excluding carboxylic acids is 2. The van der Waals surface area contributed by atoms with E-state index in [4.69, 9.17) is 5.73 Å². The van der Waals surface area contributed by atoms with Crippen LogP contribution >= 0.6 is 11.3 Å². The quantitative estimate of drug-likeness (QED) is 0.910. The number of carbonyl (C=O) groups is 2. The van der Waals surface area contributed by atoms with Crippen molar-refractivity contribution in [1.29, 1.82) is 0 Å². The van der Waals surface area contributed by atoms with Crippen molar-refractivity contribution in [2.45, 2.75) is 19.0 Å². The van der Waals surface area contributed by atoms with Crippen LogP contribution < -0.4 is 10.6 Å². The van der Waals surface area contributed by atoms with Gasteiger partial charge < -0.3 is 15.5 Å². The molecule has 1 aromatic heterocycles. The molecule has 2 aromatic rings. The molecule has 0 radical (unpaired) electrons. The highest BCUT2D eigenvalue weighted by Crippen LogP contribution is 2.27. The third-order valence-electron chi connectivity index (χ3n) is 4.05. The zero-order valence-electron chi connectivity index (χ0n) is 13.1. The van der Waals surface area contributed by atoms with Crippen LogP contribution in [0.25, 0.3) is 0 Å². The molecule has 0 bridgehead atoms. The van der Waals surface area contributed by atoms with Gasteiger partial charge in [-0.1, -0.05) is 12.1 Å². The molecule has 0 saturated carbocycles. The van der Waals surface area contributed by atoms with E-state index in [0.29, 0.717) is 18.0 Å². The number of amides is 2. The average molecular weight is 348 g/mol. The van der Waals surface area contributed by atoms with Crippen LogP contribution in [0.15, 0.2) is 29.6 Å². The minimum absolute atomic E-state index is 0.241. The van der Waals surface area contributed by atoms with Crippen molar-refractivity contribution in [3.63, 3.8) is 0 Å². The van der Waals surface area contributed by atoms with Gasteiger partial charge in [-0.3, -0.25) is 9.59 Å². The van der Waals surface area contributed by atoms with Crippen LogP contribution in [-0.2, 0) is 11.3 Å². The van der Waals surface area contributed by atoms with E-state index in [0.717, 1.165) is 0 Å². The van der Waals surface area contributed by atoms with E-state index in [9.17, 15) is 14.0 Å². The zero-order chi connectivity index (χ0) is 17.3. The summed E-state index contributed by atoms with van der Waals surface area (Å²) in [5.41, 5.74) is 6.03. The molecule has 24 heavy (non-hydrogen) atoms. The molecule has 1 fully saturated rings. The Labute approximate surface area is 142 Å². The molecule has 0 unspecified atom stereocenters. The molecule has 3 rings (SSSR count). The first kappa shape index (κ1) is 16.5. The van der Waals surface area contributed by atoms with Gasteiger partial charge in [0, 0.05) is 25.5 Å². The highest BCUT2D eigenvalue weighted by atomic mass is 32.1. The Morgan fingerprint density at radius 1 is 1.50 bits per heavy atom. The highest BCUT2D eigenvalue weighted by Gasteiger charge is 2.38. The van der Waals surface area contributed by atoms with Crippen molar-refractivity contribution >= 4 is 28.8 Å². The first-order valence-electron chi connectivity index (χ1n) is 7.50. The first-order chi connectivity index (χ1) is 11.5. The molecule has 0 aliphatic carbocycles. The van der Waals surface area contributed by atoms with E-state index in [2.05, 4.69) is 4.98 Å². The van der Waals surface area contributed by atoms with Gasteiger partial charge in [-0.15, -0.1) is 11.3 Å². The number of hydrogen-bond acceptors (Lipinski definition) is 5. The summed E-state index contributed by atoms with van der Waals surface area (Å²) in [7, 11) is 1.57. The van der Waals surface area contributed by atoms with Crippen LogP contribution in [-0.4, -0.2) is 41.3 Å². The Hall–Kier alpha value is -2.32. The lowest BCUT2D eigenvalue weighted by molar-refractivity contribution is -0.120. The molecule has 1 atom stereocenters. The molecule has 8 heteroatoms. The molecule has 1 saturated heterocycles. The van der Waals surface area contributed by atoms with Gasteiger partial charge in [-0.25, -0.2) is 9.37 Å². The van der Waals surface area contributed by atoms with Gasteiger partial charge in [0.05, 0.1) is 5.69 Å². The van der Waals surface area contributed by atoms with Crippen molar-refractivity contribution < 1.29 is 14.0 Å². The number of thiazole rings is 1. The average Bonchev–Trinajstić information content (AvgIpc) is 3.21. The van der Waals surface area contributed by atoms with Crippen molar-refractivity contribution in [1.82, 2.24) is 9.88 Å². The number of nitrogens with zero attached hydrogens (tertiary/aromatic N) is 3. The molecule has 1 aliphatic rings. The number of para-hydroxylation sites is 1. The van der Waals surface area contributed by atoms with Crippen LogP contribution in [0, 0.1) is 5.82 Å². The molecule has 6 nitrogen and oxygen atoms in total. The van der Waals surface area contributed by atoms with Gasteiger partial charge in [0.25, 0.3) is 5.91 Å². The number of halogens is 1. The van der Waals surface area contributed by atoms with Gasteiger partial charge in [0.1, 0.15) is 22.6 Å². The second-order valence-corrected chi connectivity index (χ2v) is 6.44. The molecule has 126 valence electrons. The van der Waals surface area contributed by atoms with Crippen molar-refractivity contribution in [2.75, 3.05) is 18.5 Å². The fourth-order valence-electron chi connectivity index (χ4n) is 2.76. The Bertz CT molecular complexity index is 779. The summed E-state index contributed by atoms with van der Waals surface area (Å²) in [6.45, 7) is 0.637. The second kappa shape index (κ2) is 6.66. The predicted molar refractivity (Wildman–Crippen MR) is 89.3 cm³/mol. The number of anilines is 1. The van der Waals surface area contributed by atoms with Gasteiger partial charge in [0.15, 0.2) is 0 Å². The minimum atomic E-state index is -0.625. The van der Waals surface area contributed by atoms with Crippen molar-refractivity contribution in [2.24, 2.45) is 5.73 Å². The smallest absolute Gasteiger partial charge is 0.273 e. The third-order valence-corrected chi connectivity index (χ3v) is 4.92. The van der Waals surface area contributed by atoms with Crippen molar-refractivity contribution in [3.05, 3.63) is 46.2 Å². The Balaban J connectivity index is 1.77. The highest BCUT2D eigenvalue weighted by molar-refractivity contribution is 7.09.